The average Bonchev–Trinajstić information content (AvgIpc) is 3.41. The summed E-state index contributed by atoms with van der Waals surface area (Å²) in [5.74, 6) is 0.525. The number of amides is 1. The summed E-state index contributed by atoms with van der Waals surface area (Å²) >= 11 is 1.82. The molecule has 1 N–H and O–H groups in total. The molecule has 0 saturated carbocycles. The predicted octanol–water partition coefficient (Wildman–Crippen LogP) is 2.67. The van der Waals surface area contributed by atoms with E-state index in [-0.39, 0.29) is 5.91 Å². The van der Waals surface area contributed by atoms with Crippen LogP contribution in [0.3, 0.4) is 0 Å². The molecule has 1 aliphatic heterocycles. The van der Waals surface area contributed by atoms with Gasteiger partial charge in [0.2, 0.25) is 0 Å². The van der Waals surface area contributed by atoms with E-state index in [0.29, 0.717) is 11.5 Å². The monoisotopic (exact) mass is 396 g/mol. The van der Waals surface area contributed by atoms with E-state index in [0.717, 1.165) is 50.3 Å². The second-order valence-corrected chi connectivity index (χ2v) is 8.30. The van der Waals surface area contributed by atoms with Crippen LogP contribution < -0.4 is 5.32 Å². The summed E-state index contributed by atoms with van der Waals surface area (Å²) in [6.07, 6.45) is 3.80. The summed E-state index contributed by atoms with van der Waals surface area (Å²) in [6, 6.07) is 9.89. The minimum Gasteiger partial charge on any atom is -0.352 e. The van der Waals surface area contributed by atoms with Gasteiger partial charge in [-0.3, -0.25) is 9.69 Å². The zero-order valence-electron chi connectivity index (χ0n) is 15.9. The molecule has 2 aromatic heterocycles. The first kappa shape index (κ1) is 18.8. The number of aryl methyl sites for hydroxylation is 1. The molecule has 0 atom stereocenters. The summed E-state index contributed by atoms with van der Waals surface area (Å²) in [5, 5.41) is 16.5. The highest BCUT2D eigenvalue weighted by molar-refractivity contribution is 7.09. The van der Waals surface area contributed by atoms with Crippen LogP contribution in [0, 0.1) is 12.8 Å². The third-order valence-corrected chi connectivity index (χ3v) is 6.13. The largest absolute Gasteiger partial charge is 0.352 e. The van der Waals surface area contributed by atoms with E-state index in [1.54, 1.807) is 11.0 Å². The van der Waals surface area contributed by atoms with Crippen LogP contribution in [0.5, 0.6) is 0 Å². The van der Waals surface area contributed by atoms with Crippen LogP contribution in [0.2, 0.25) is 0 Å². The molecule has 1 saturated heterocycles. The van der Waals surface area contributed by atoms with Crippen LogP contribution in [-0.2, 0) is 6.54 Å². The average molecular weight is 397 g/mol. The van der Waals surface area contributed by atoms with E-state index in [1.165, 1.54) is 4.88 Å². The number of thiophene rings is 1. The topological polar surface area (TPSA) is 75.9 Å². The fourth-order valence-corrected chi connectivity index (χ4v) is 4.38. The van der Waals surface area contributed by atoms with Crippen molar-refractivity contribution in [1.29, 1.82) is 0 Å². The maximum atomic E-state index is 12.5. The molecule has 0 spiro atoms. The number of tetrazole rings is 1. The van der Waals surface area contributed by atoms with Crippen LogP contribution in [-0.4, -0.2) is 50.6 Å². The maximum Gasteiger partial charge on any atom is 0.251 e. The number of aromatic nitrogens is 4. The minimum atomic E-state index is -0.0209. The first-order valence-electron chi connectivity index (χ1n) is 9.56. The Balaban J connectivity index is 1.26. The zero-order chi connectivity index (χ0) is 19.3. The minimum absolute atomic E-state index is 0.0209. The van der Waals surface area contributed by atoms with Gasteiger partial charge in [0.15, 0.2) is 0 Å². The number of rotatable bonds is 6. The van der Waals surface area contributed by atoms with Crippen molar-refractivity contribution in [3.63, 3.8) is 0 Å². The Morgan fingerprint density at radius 2 is 2.14 bits per heavy atom. The number of benzene rings is 1. The molecule has 7 nitrogen and oxygen atoms in total. The Morgan fingerprint density at radius 1 is 1.29 bits per heavy atom. The van der Waals surface area contributed by atoms with Crippen LogP contribution in [0.15, 0.2) is 42.0 Å². The molecule has 1 aliphatic rings. The van der Waals surface area contributed by atoms with Crippen molar-refractivity contribution in [3.8, 4) is 5.69 Å². The van der Waals surface area contributed by atoms with Crippen LogP contribution in [0.1, 0.15) is 33.6 Å². The number of nitrogens with zero attached hydrogens (tertiary/aromatic N) is 5. The molecule has 1 aromatic carbocycles. The van der Waals surface area contributed by atoms with E-state index in [9.17, 15) is 4.79 Å². The van der Waals surface area contributed by atoms with Gasteiger partial charge in [0.1, 0.15) is 6.33 Å². The number of carbonyl (C=O) groups is 1. The highest BCUT2D eigenvalue weighted by Gasteiger charge is 2.20. The van der Waals surface area contributed by atoms with Crippen molar-refractivity contribution in [1.82, 2.24) is 30.4 Å². The Kier molecular flexibility index (Phi) is 5.78. The van der Waals surface area contributed by atoms with Gasteiger partial charge in [-0.05, 0) is 84.4 Å². The molecule has 0 aliphatic carbocycles. The number of carbonyl (C=O) groups excluding carboxylic acids is 1. The molecular weight excluding hydrogens is 372 g/mol. The SMILES string of the molecule is Cc1cc(C(=O)NCC2CCN(Cc3cccs3)CC2)ccc1-n1cnnn1. The van der Waals surface area contributed by atoms with Crippen molar-refractivity contribution in [2.75, 3.05) is 19.6 Å². The molecule has 8 heteroatoms. The van der Waals surface area contributed by atoms with Gasteiger partial charge in [-0.1, -0.05) is 6.07 Å². The molecule has 3 aromatic rings. The van der Waals surface area contributed by atoms with E-state index in [2.05, 4.69) is 43.3 Å². The lowest BCUT2D eigenvalue weighted by molar-refractivity contribution is 0.0935. The molecule has 28 heavy (non-hydrogen) atoms. The standard InChI is InChI=1S/C20H24N6OS/c1-15-11-17(4-5-19(15)26-14-22-23-24-26)20(27)21-12-16-6-8-25(9-7-16)13-18-3-2-10-28-18/h2-5,10-11,14,16H,6-9,12-13H2,1H3,(H,21,27). The first-order valence-corrected chi connectivity index (χ1v) is 10.4. The zero-order valence-corrected chi connectivity index (χ0v) is 16.7. The summed E-state index contributed by atoms with van der Waals surface area (Å²) < 4.78 is 1.60. The molecule has 0 radical (unpaired) electrons. The van der Waals surface area contributed by atoms with E-state index < -0.39 is 0 Å². The molecule has 146 valence electrons. The van der Waals surface area contributed by atoms with Crippen molar-refractivity contribution in [3.05, 3.63) is 58.0 Å². The van der Waals surface area contributed by atoms with Gasteiger partial charge < -0.3 is 5.32 Å². The Bertz CT molecular complexity index is 901. The van der Waals surface area contributed by atoms with Crippen molar-refractivity contribution >= 4 is 17.2 Å². The second kappa shape index (κ2) is 8.62. The van der Waals surface area contributed by atoms with Crippen LogP contribution in [0.4, 0.5) is 0 Å². The van der Waals surface area contributed by atoms with Gasteiger partial charge in [0.05, 0.1) is 5.69 Å². The number of piperidine rings is 1. The molecule has 3 heterocycles. The number of hydrogen-bond acceptors (Lipinski definition) is 6. The lowest BCUT2D eigenvalue weighted by atomic mass is 9.96. The Morgan fingerprint density at radius 3 is 2.82 bits per heavy atom. The quantitative estimate of drug-likeness (QED) is 0.693. The Hall–Kier alpha value is -2.58. The lowest BCUT2D eigenvalue weighted by Gasteiger charge is -2.31. The maximum absolute atomic E-state index is 12.5. The van der Waals surface area contributed by atoms with Gasteiger partial charge in [-0.15, -0.1) is 16.4 Å². The van der Waals surface area contributed by atoms with Crippen LogP contribution in [0.25, 0.3) is 5.69 Å². The molecule has 1 amide bonds. The summed E-state index contributed by atoms with van der Waals surface area (Å²) in [5.41, 5.74) is 2.51. The molecular formula is C20H24N6OS. The number of likely N-dealkylation sites (tertiary alicyclic amines) is 1. The Labute approximate surface area is 168 Å². The molecule has 0 unspecified atom stereocenters. The molecule has 4 rings (SSSR count). The number of nitrogens with one attached hydrogen (secondary N) is 1. The molecule has 1 fully saturated rings. The van der Waals surface area contributed by atoms with Gasteiger partial charge in [0.25, 0.3) is 5.91 Å². The fourth-order valence-electron chi connectivity index (χ4n) is 3.64. The second-order valence-electron chi connectivity index (χ2n) is 7.26. The van der Waals surface area contributed by atoms with E-state index in [4.69, 9.17) is 0 Å². The van der Waals surface area contributed by atoms with Gasteiger partial charge in [0, 0.05) is 23.5 Å². The van der Waals surface area contributed by atoms with Crippen molar-refractivity contribution in [2.24, 2.45) is 5.92 Å². The van der Waals surface area contributed by atoms with Gasteiger partial charge in [-0.2, -0.15) is 0 Å². The normalized spacial score (nSPS) is 15.6. The van der Waals surface area contributed by atoms with Crippen LogP contribution >= 0.6 is 11.3 Å². The highest BCUT2D eigenvalue weighted by atomic mass is 32.1. The van der Waals surface area contributed by atoms with Crippen molar-refractivity contribution in [2.45, 2.75) is 26.3 Å². The summed E-state index contributed by atoms with van der Waals surface area (Å²) in [6.45, 7) is 5.93. The van der Waals surface area contributed by atoms with Crippen molar-refractivity contribution < 1.29 is 4.79 Å². The van der Waals surface area contributed by atoms with E-state index >= 15 is 0 Å². The first-order chi connectivity index (χ1) is 13.7. The number of hydrogen-bond donors (Lipinski definition) is 1. The van der Waals surface area contributed by atoms with Gasteiger partial charge >= 0.3 is 0 Å². The summed E-state index contributed by atoms with van der Waals surface area (Å²) in [4.78, 5) is 16.5. The van der Waals surface area contributed by atoms with Gasteiger partial charge in [-0.25, -0.2) is 4.68 Å². The predicted molar refractivity (Wildman–Crippen MR) is 109 cm³/mol. The van der Waals surface area contributed by atoms with E-state index in [1.807, 2.05) is 36.5 Å². The third-order valence-electron chi connectivity index (χ3n) is 5.27. The lowest BCUT2D eigenvalue weighted by Crippen LogP contribution is -2.38. The smallest absolute Gasteiger partial charge is 0.251 e. The fraction of sp³-hybridized carbons (Fsp3) is 0.400. The highest BCUT2D eigenvalue weighted by Crippen LogP contribution is 2.20. The molecule has 0 bridgehead atoms. The summed E-state index contributed by atoms with van der Waals surface area (Å²) in [7, 11) is 0. The third kappa shape index (κ3) is 4.45.